The third-order valence-corrected chi connectivity index (χ3v) is 2.85. The molecule has 1 fully saturated rings. The van der Waals surface area contributed by atoms with Crippen molar-refractivity contribution in [2.45, 2.75) is 19.4 Å². The highest BCUT2D eigenvalue weighted by Crippen LogP contribution is 2.27. The second-order valence-corrected chi connectivity index (χ2v) is 3.84. The van der Waals surface area contributed by atoms with Crippen molar-refractivity contribution in [2.24, 2.45) is 0 Å². The van der Waals surface area contributed by atoms with E-state index in [1.165, 1.54) is 4.90 Å². The summed E-state index contributed by atoms with van der Waals surface area (Å²) in [7, 11) is 0. The Balaban J connectivity index is 2.42. The normalized spacial score (nSPS) is 24.8. The number of likely N-dealkylation sites (N-methyl/N-ethyl adjacent to an activating group) is 1. The van der Waals surface area contributed by atoms with Crippen molar-refractivity contribution in [3.63, 3.8) is 0 Å². The first kappa shape index (κ1) is 10.6. The van der Waals surface area contributed by atoms with Crippen molar-refractivity contribution in [3.8, 4) is 0 Å². The molecule has 5 heteroatoms. The first-order valence-electron chi connectivity index (χ1n) is 5.14. The van der Waals surface area contributed by atoms with E-state index in [9.17, 15) is 9.59 Å². The molecule has 1 N–H and O–H groups in total. The van der Waals surface area contributed by atoms with E-state index in [0.29, 0.717) is 6.54 Å². The van der Waals surface area contributed by atoms with Gasteiger partial charge in [0.2, 0.25) is 0 Å². The molecule has 1 saturated heterocycles. The number of urea groups is 1. The van der Waals surface area contributed by atoms with Crippen molar-refractivity contribution in [1.29, 1.82) is 0 Å². The Hall–Kier alpha value is -1.91. The summed E-state index contributed by atoms with van der Waals surface area (Å²) in [4.78, 5) is 28.8. The summed E-state index contributed by atoms with van der Waals surface area (Å²) >= 11 is 0. The number of carbonyl (C=O) groups excluding carboxylic acids is 2. The van der Waals surface area contributed by atoms with E-state index in [0.717, 1.165) is 5.56 Å². The highest BCUT2D eigenvalue weighted by Gasteiger charge is 2.48. The molecule has 5 nitrogen and oxygen atoms in total. The van der Waals surface area contributed by atoms with Crippen molar-refractivity contribution in [3.05, 3.63) is 30.1 Å². The van der Waals surface area contributed by atoms with Crippen LogP contribution in [0.1, 0.15) is 19.4 Å². The van der Waals surface area contributed by atoms with Crippen LogP contribution in [0.4, 0.5) is 4.79 Å². The van der Waals surface area contributed by atoms with Crippen LogP contribution in [0.25, 0.3) is 0 Å². The fourth-order valence-electron chi connectivity index (χ4n) is 1.87. The van der Waals surface area contributed by atoms with Crippen LogP contribution in [0, 0.1) is 0 Å². The van der Waals surface area contributed by atoms with Crippen molar-refractivity contribution in [2.75, 3.05) is 6.54 Å². The summed E-state index contributed by atoms with van der Waals surface area (Å²) in [6.07, 6.45) is 3.21. The number of nitrogens with zero attached hydrogens (tertiary/aromatic N) is 2. The Morgan fingerprint density at radius 3 is 2.50 bits per heavy atom. The lowest BCUT2D eigenvalue weighted by molar-refractivity contribution is -0.130. The molecule has 0 bridgehead atoms. The average Bonchev–Trinajstić information content (AvgIpc) is 2.52. The molecule has 1 unspecified atom stereocenters. The van der Waals surface area contributed by atoms with Gasteiger partial charge in [-0.25, -0.2) is 4.79 Å². The van der Waals surface area contributed by atoms with Gasteiger partial charge in [0.15, 0.2) is 0 Å². The molecule has 1 aliphatic heterocycles. The maximum Gasteiger partial charge on any atom is 0.325 e. The molecule has 2 heterocycles. The maximum absolute atomic E-state index is 12.1. The molecule has 0 spiro atoms. The summed E-state index contributed by atoms with van der Waals surface area (Å²) in [5.41, 5.74) is -0.215. The van der Waals surface area contributed by atoms with Gasteiger partial charge in [0.1, 0.15) is 5.54 Å². The molecule has 16 heavy (non-hydrogen) atoms. The molecule has 2 rings (SSSR count). The molecule has 0 aliphatic carbocycles. The number of rotatable bonds is 2. The van der Waals surface area contributed by atoms with Crippen LogP contribution in [0.5, 0.6) is 0 Å². The third-order valence-electron chi connectivity index (χ3n) is 2.85. The quantitative estimate of drug-likeness (QED) is 0.751. The van der Waals surface area contributed by atoms with Crippen LogP contribution in [0.2, 0.25) is 0 Å². The Kier molecular flexibility index (Phi) is 2.38. The third kappa shape index (κ3) is 1.36. The highest BCUT2D eigenvalue weighted by atomic mass is 16.2. The molecule has 1 aromatic rings. The lowest BCUT2D eigenvalue weighted by Crippen LogP contribution is -2.40. The number of aromatic nitrogens is 1. The Labute approximate surface area is 93.5 Å². The maximum atomic E-state index is 12.1. The first-order chi connectivity index (χ1) is 7.59. The van der Waals surface area contributed by atoms with Gasteiger partial charge in [-0.15, -0.1) is 0 Å². The molecular weight excluding hydrogens is 206 g/mol. The Bertz CT molecular complexity index is 432. The largest absolute Gasteiger partial charge is 0.325 e. The first-order valence-corrected chi connectivity index (χ1v) is 5.14. The molecule has 1 atom stereocenters. The zero-order valence-electron chi connectivity index (χ0n) is 9.23. The highest BCUT2D eigenvalue weighted by molar-refractivity contribution is 6.07. The molecule has 1 aliphatic rings. The van der Waals surface area contributed by atoms with Crippen LogP contribution in [0.15, 0.2) is 24.5 Å². The van der Waals surface area contributed by atoms with Crippen LogP contribution >= 0.6 is 0 Å². The fourth-order valence-corrected chi connectivity index (χ4v) is 1.87. The molecular formula is C11H13N3O2. The van der Waals surface area contributed by atoms with Gasteiger partial charge in [0.25, 0.3) is 5.91 Å². The molecule has 84 valence electrons. The standard InChI is InChI=1S/C11H13N3O2/c1-3-14-9(15)11(2,13-10(14)16)8-4-6-12-7-5-8/h4-7H,3H2,1-2H3,(H,13,16). The summed E-state index contributed by atoms with van der Waals surface area (Å²) in [6, 6.07) is 3.13. The number of imide groups is 1. The zero-order valence-corrected chi connectivity index (χ0v) is 9.23. The van der Waals surface area contributed by atoms with Gasteiger partial charge in [0, 0.05) is 18.9 Å². The van der Waals surface area contributed by atoms with Crippen LogP contribution < -0.4 is 5.32 Å². The topological polar surface area (TPSA) is 62.3 Å². The van der Waals surface area contributed by atoms with Crippen LogP contribution in [-0.2, 0) is 10.3 Å². The molecule has 1 aromatic heterocycles. The lowest BCUT2D eigenvalue weighted by Gasteiger charge is -2.21. The van der Waals surface area contributed by atoms with Crippen LogP contribution in [0.3, 0.4) is 0 Å². The monoisotopic (exact) mass is 219 g/mol. The summed E-state index contributed by atoms with van der Waals surface area (Å²) in [5, 5.41) is 2.71. The van der Waals surface area contributed by atoms with Crippen molar-refractivity contribution < 1.29 is 9.59 Å². The lowest BCUT2D eigenvalue weighted by atomic mass is 9.93. The second-order valence-electron chi connectivity index (χ2n) is 3.84. The number of hydrogen-bond donors (Lipinski definition) is 1. The number of hydrogen-bond acceptors (Lipinski definition) is 3. The minimum absolute atomic E-state index is 0.216. The van der Waals surface area contributed by atoms with Gasteiger partial charge < -0.3 is 5.32 Å². The predicted molar refractivity (Wildman–Crippen MR) is 57.5 cm³/mol. The minimum atomic E-state index is -0.962. The number of nitrogens with one attached hydrogen (secondary N) is 1. The van der Waals surface area contributed by atoms with Gasteiger partial charge in [-0.2, -0.15) is 0 Å². The van der Waals surface area contributed by atoms with E-state index in [-0.39, 0.29) is 11.9 Å². The smallest absolute Gasteiger partial charge is 0.319 e. The summed E-state index contributed by atoms with van der Waals surface area (Å²) in [5.74, 6) is -0.216. The number of carbonyl (C=O) groups is 2. The summed E-state index contributed by atoms with van der Waals surface area (Å²) < 4.78 is 0. The van der Waals surface area contributed by atoms with Crippen molar-refractivity contribution >= 4 is 11.9 Å². The van der Waals surface area contributed by atoms with E-state index in [1.54, 1.807) is 38.4 Å². The van der Waals surface area contributed by atoms with E-state index in [4.69, 9.17) is 0 Å². The van der Waals surface area contributed by atoms with E-state index >= 15 is 0 Å². The average molecular weight is 219 g/mol. The number of amides is 3. The van der Waals surface area contributed by atoms with E-state index < -0.39 is 5.54 Å². The summed E-state index contributed by atoms with van der Waals surface area (Å²) in [6.45, 7) is 3.86. The van der Waals surface area contributed by atoms with E-state index in [2.05, 4.69) is 10.3 Å². The van der Waals surface area contributed by atoms with Gasteiger partial charge in [0.05, 0.1) is 0 Å². The number of pyridine rings is 1. The van der Waals surface area contributed by atoms with Gasteiger partial charge in [-0.3, -0.25) is 14.7 Å². The van der Waals surface area contributed by atoms with Gasteiger partial charge >= 0.3 is 6.03 Å². The van der Waals surface area contributed by atoms with Gasteiger partial charge in [-0.05, 0) is 31.5 Å². The molecule has 3 amide bonds. The van der Waals surface area contributed by atoms with E-state index in [1.807, 2.05) is 0 Å². The second kappa shape index (κ2) is 3.59. The van der Waals surface area contributed by atoms with Crippen LogP contribution in [-0.4, -0.2) is 28.4 Å². The SMILES string of the molecule is CCN1C(=O)NC(C)(c2ccncc2)C1=O. The molecule has 0 aromatic carbocycles. The Morgan fingerprint density at radius 1 is 1.38 bits per heavy atom. The fraction of sp³-hybridized carbons (Fsp3) is 0.364. The van der Waals surface area contributed by atoms with Crippen molar-refractivity contribution in [1.82, 2.24) is 15.2 Å². The zero-order chi connectivity index (χ0) is 11.8. The molecule has 0 radical (unpaired) electrons. The molecule has 0 saturated carbocycles. The van der Waals surface area contributed by atoms with Gasteiger partial charge in [-0.1, -0.05) is 0 Å². The predicted octanol–water partition coefficient (Wildman–Crippen LogP) is 0.868. The minimum Gasteiger partial charge on any atom is -0.319 e. The Morgan fingerprint density at radius 2 is 2.00 bits per heavy atom.